The number of aryl methyl sites for hydroxylation is 2. The van der Waals surface area contributed by atoms with Crippen molar-refractivity contribution in [1.82, 2.24) is 0 Å². The van der Waals surface area contributed by atoms with Crippen molar-refractivity contribution < 1.29 is 0 Å². The lowest BCUT2D eigenvalue weighted by Gasteiger charge is -2.36. The molecule has 0 bridgehead atoms. The smallest absolute Gasteiger partial charge is 0.0726 e. The van der Waals surface area contributed by atoms with Crippen LogP contribution in [0.15, 0.2) is 376 Å². The summed E-state index contributed by atoms with van der Waals surface area (Å²) in [6.07, 6.45) is 0. The molecule has 0 N–H and O–H groups in total. The molecular weight excluding hydrogens is 1280 g/mol. The van der Waals surface area contributed by atoms with Crippen molar-refractivity contribution in [2.45, 2.75) is 49.4 Å². The van der Waals surface area contributed by atoms with Crippen molar-refractivity contribution in [3.05, 3.63) is 465 Å². The molecule has 2 nitrogen and oxygen atoms in total. The van der Waals surface area contributed by atoms with Gasteiger partial charge < -0.3 is 9.80 Å². The van der Waals surface area contributed by atoms with Crippen LogP contribution in [0.25, 0.3) is 66.8 Å². The molecule has 21 rings (SSSR count). The van der Waals surface area contributed by atoms with E-state index in [1.54, 1.807) is 0 Å². The standard InChI is InChI=1S/C104H74N2/c1-67-47-59-81-83-61-57-77(65-95(83)102(93(81)63-67,71-27-9-5-10-28-71)72-29-11-6-12-30-72)105(78-58-62-84-82-60-48-68(2)64-94(82)103(96(84)66-78,73-31-13-7-14-32-73)74-33-15-8-16-34-74)75-53-49-69(50-54-75)70-51-55-76(56-52-70)106(97-45-25-43-91-99(97)85-37-19-21-39-87(85)101(91,3)4)98-46-26-44-92-100(98)86-38-20-24-42-90(86)104(92)88-40-22-17-35-79(88)80-36-18-23-41-89(80)104/h5-66H,1-4H3. The lowest BCUT2D eigenvalue weighted by molar-refractivity contribution is 0.660. The largest absolute Gasteiger partial charge is 0.310 e. The van der Waals surface area contributed by atoms with Gasteiger partial charge >= 0.3 is 0 Å². The SMILES string of the molecule is Cc1ccc2c(c1)C(c1ccccc1)(c1ccccc1)c1cc(N(c3ccc(-c4ccc(N(c5cccc6c5-c5ccccc5C6(C)C)c5cccc6c5-c5ccccc5C65c6ccccc6-c6ccccc65)cc4)cc3)c3ccc4c(c3)C(c3ccccc3)(c3ccccc3)c3cc(C)ccc3-4)ccc1-2. The van der Waals surface area contributed by atoms with Gasteiger partial charge in [-0.15, -0.1) is 0 Å². The number of fused-ring (bicyclic) bond motifs is 19. The second-order valence-corrected chi connectivity index (χ2v) is 30.2. The predicted molar refractivity (Wildman–Crippen MR) is 439 cm³/mol. The summed E-state index contributed by atoms with van der Waals surface area (Å²) in [5.74, 6) is 0. The highest BCUT2D eigenvalue weighted by Crippen LogP contribution is 2.67. The van der Waals surface area contributed by atoms with E-state index in [1.165, 1.54) is 145 Å². The summed E-state index contributed by atoms with van der Waals surface area (Å²) < 4.78 is 0. The fourth-order valence-electron chi connectivity index (χ4n) is 20.2. The Kier molecular flexibility index (Phi) is 13.6. The molecule has 16 aromatic carbocycles. The normalized spacial score (nSPS) is 14.5. The van der Waals surface area contributed by atoms with Crippen LogP contribution in [-0.2, 0) is 21.7 Å². The van der Waals surface area contributed by atoms with Crippen LogP contribution in [-0.4, -0.2) is 0 Å². The molecule has 0 saturated heterocycles. The molecule has 0 aromatic heterocycles. The van der Waals surface area contributed by atoms with Crippen LogP contribution in [0.4, 0.5) is 34.1 Å². The van der Waals surface area contributed by atoms with Crippen molar-refractivity contribution in [1.29, 1.82) is 0 Å². The number of nitrogens with zero attached hydrogens (tertiary/aromatic N) is 2. The van der Waals surface area contributed by atoms with Gasteiger partial charge in [-0.1, -0.05) is 340 Å². The van der Waals surface area contributed by atoms with Crippen molar-refractivity contribution in [2.75, 3.05) is 9.80 Å². The molecule has 0 aliphatic heterocycles. The Morgan fingerprint density at radius 3 is 0.934 bits per heavy atom. The highest BCUT2D eigenvalue weighted by atomic mass is 15.2. The zero-order chi connectivity index (χ0) is 70.6. The van der Waals surface area contributed by atoms with E-state index in [1.807, 2.05) is 0 Å². The van der Waals surface area contributed by atoms with Crippen LogP contribution in [0.3, 0.4) is 0 Å². The molecule has 0 heterocycles. The minimum absolute atomic E-state index is 0.202. The lowest BCUT2D eigenvalue weighted by atomic mass is 9.67. The molecule has 0 amide bonds. The molecular formula is C104H74N2. The van der Waals surface area contributed by atoms with Gasteiger partial charge in [0.1, 0.15) is 0 Å². The van der Waals surface area contributed by atoms with Gasteiger partial charge in [0.2, 0.25) is 0 Å². The third-order valence-electron chi connectivity index (χ3n) is 24.5. The van der Waals surface area contributed by atoms with Gasteiger partial charge in [0.15, 0.2) is 0 Å². The van der Waals surface area contributed by atoms with E-state index >= 15 is 0 Å². The molecule has 1 spiro atoms. The van der Waals surface area contributed by atoms with E-state index in [0.29, 0.717) is 0 Å². The molecule has 0 fully saturated rings. The zero-order valence-electron chi connectivity index (χ0n) is 59.7. The molecule has 0 unspecified atom stereocenters. The van der Waals surface area contributed by atoms with E-state index in [0.717, 1.165) is 45.3 Å². The fraction of sp³-hybridized carbons (Fsp3) is 0.0769. The van der Waals surface area contributed by atoms with Gasteiger partial charge in [-0.3, -0.25) is 0 Å². The van der Waals surface area contributed by atoms with Gasteiger partial charge in [-0.2, -0.15) is 0 Å². The molecule has 0 atom stereocenters. The number of hydrogen-bond donors (Lipinski definition) is 0. The van der Waals surface area contributed by atoms with E-state index in [9.17, 15) is 0 Å². The van der Waals surface area contributed by atoms with Gasteiger partial charge in [0.25, 0.3) is 0 Å². The number of rotatable bonds is 11. The fourth-order valence-corrected chi connectivity index (χ4v) is 20.2. The highest BCUT2D eigenvalue weighted by molar-refractivity contribution is 6.04. The summed E-state index contributed by atoms with van der Waals surface area (Å²) in [7, 11) is 0. The minimum Gasteiger partial charge on any atom is -0.310 e. The molecule has 5 aliphatic carbocycles. The number of anilines is 6. The van der Waals surface area contributed by atoms with E-state index < -0.39 is 16.2 Å². The molecule has 2 heteroatoms. The minimum atomic E-state index is -0.608. The van der Waals surface area contributed by atoms with Gasteiger partial charge in [-0.05, 0) is 208 Å². The lowest BCUT2D eigenvalue weighted by Crippen LogP contribution is -2.29. The van der Waals surface area contributed by atoms with Gasteiger partial charge in [-0.25, -0.2) is 0 Å². The monoisotopic (exact) mass is 1350 g/mol. The van der Waals surface area contributed by atoms with E-state index in [4.69, 9.17) is 0 Å². The molecule has 500 valence electrons. The Labute approximate surface area is 621 Å². The summed E-state index contributed by atoms with van der Waals surface area (Å²) in [5, 5.41) is 0. The first-order valence-corrected chi connectivity index (χ1v) is 37.4. The van der Waals surface area contributed by atoms with Crippen LogP contribution < -0.4 is 9.80 Å². The second-order valence-electron chi connectivity index (χ2n) is 30.2. The van der Waals surface area contributed by atoms with Crippen molar-refractivity contribution >= 4 is 34.1 Å². The first-order valence-electron chi connectivity index (χ1n) is 37.4. The summed E-state index contributed by atoms with van der Waals surface area (Å²) in [6.45, 7) is 9.25. The average Bonchev–Trinajstić information content (AvgIpc) is 1.53. The van der Waals surface area contributed by atoms with Crippen LogP contribution >= 0.6 is 0 Å². The maximum absolute atomic E-state index is 2.59. The van der Waals surface area contributed by atoms with Crippen LogP contribution in [0.5, 0.6) is 0 Å². The van der Waals surface area contributed by atoms with E-state index in [-0.39, 0.29) is 5.41 Å². The molecule has 16 aromatic rings. The Balaban J connectivity index is 0.747. The summed E-state index contributed by atoms with van der Waals surface area (Å²) in [4.78, 5) is 5.11. The molecule has 5 aliphatic rings. The van der Waals surface area contributed by atoms with Crippen molar-refractivity contribution in [3.63, 3.8) is 0 Å². The maximum atomic E-state index is 2.59. The van der Waals surface area contributed by atoms with Crippen LogP contribution in [0.2, 0.25) is 0 Å². The van der Waals surface area contributed by atoms with E-state index in [2.05, 4.69) is 414 Å². The molecule has 0 saturated carbocycles. The van der Waals surface area contributed by atoms with Gasteiger partial charge in [0, 0.05) is 39.3 Å². The Morgan fingerprint density at radius 1 is 0.198 bits per heavy atom. The topological polar surface area (TPSA) is 6.48 Å². The number of benzene rings is 16. The molecule has 106 heavy (non-hydrogen) atoms. The first-order chi connectivity index (χ1) is 52.2. The maximum Gasteiger partial charge on any atom is 0.0726 e. The second kappa shape index (κ2) is 23.3. The van der Waals surface area contributed by atoms with Crippen LogP contribution in [0, 0.1) is 13.8 Å². The van der Waals surface area contributed by atoms with Gasteiger partial charge in [0.05, 0.1) is 27.6 Å². The Bertz CT molecular complexity index is 5930. The summed E-state index contributed by atoms with van der Waals surface area (Å²) >= 11 is 0. The Morgan fingerprint density at radius 2 is 0.500 bits per heavy atom. The first kappa shape index (κ1) is 61.8. The third-order valence-corrected chi connectivity index (χ3v) is 24.5. The zero-order valence-corrected chi connectivity index (χ0v) is 59.7. The van der Waals surface area contributed by atoms with Crippen molar-refractivity contribution in [2.24, 2.45) is 0 Å². The highest BCUT2D eigenvalue weighted by Gasteiger charge is 2.54. The van der Waals surface area contributed by atoms with Crippen molar-refractivity contribution in [3.8, 4) is 66.8 Å². The number of hydrogen-bond acceptors (Lipinski definition) is 2. The third kappa shape index (κ3) is 8.50. The summed E-state index contributed by atoms with van der Waals surface area (Å²) in [5.41, 5.74) is 40.3. The summed E-state index contributed by atoms with van der Waals surface area (Å²) in [6, 6.07) is 143. The predicted octanol–water partition coefficient (Wildman–Crippen LogP) is 26.3. The molecule has 0 radical (unpaired) electrons. The van der Waals surface area contributed by atoms with Crippen LogP contribution in [0.1, 0.15) is 103 Å². The average molecular weight is 1350 g/mol. The quantitative estimate of drug-likeness (QED) is 0.127. The Hall–Kier alpha value is -12.9.